The molecule has 2 rings (SSSR count). The fourth-order valence-electron chi connectivity index (χ4n) is 2.02. The van der Waals surface area contributed by atoms with Gasteiger partial charge in [0.15, 0.2) is 5.78 Å². The molecule has 0 unspecified atom stereocenters. The molecule has 0 aliphatic carbocycles. The van der Waals surface area contributed by atoms with Gasteiger partial charge in [0.05, 0.1) is 10.4 Å². The molecule has 2 aromatic rings. The molecule has 1 atom stereocenters. The standard InChI is InChI=1S/C15H17NO3S/c1-9(7-13(17)14-5-4-6-20-14)16-15(18)12-8-10(2)19-11(12)3/h4-6,8-9H,7H2,1-3H3,(H,16,18)/t9-/m0/s1. The lowest BCUT2D eigenvalue weighted by atomic mass is 10.1. The minimum absolute atomic E-state index is 0.0490. The molecule has 0 aliphatic rings. The van der Waals surface area contributed by atoms with Crippen LogP contribution in [-0.2, 0) is 0 Å². The smallest absolute Gasteiger partial charge is 0.255 e. The number of ketones is 1. The minimum Gasteiger partial charge on any atom is -0.466 e. The first kappa shape index (κ1) is 14.5. The van der Waals surface area contributed by atoms with Crippen molar-refractivity contribution >= 4 is 23.0 Å². The van der Waals surface area contributed by atoms with Gasteiger partial charge in [0, 0.05) is 12.5 Å². The summed E-state index contributed by atoms with van der Waals surface area (Å²) in [6, 6.07) is 5.13. The Hall–Kier alpha value is -1.88. The molecule has 20 heavy (non-hydrogen) atoms. The molecular formula is C15H17NO3S. The fourth-order valence-corrected chi connectivity index (χ4v) is 2.70. The average Bonchev–Trinajstić information content (AvgIpc) is 2.98. The Labute approximate surface area is 121 Å². The van der Waals surface area contributed by atoms with Gasteiger partial charge < -0.3 is 9.73 Å². The van der Waals surface area contributed by atoms with Gasteiger partial charge in [-0.3, -0.25) is 9.59 Å². The van der Waals surface area contributed by atoms with Crippen LogP contribution in [0.15, 0.2) is 28.0 Å². The van der Waals surface area contributed by atoms with Gasteiger partial charge in [-0.1, -0.05) is 6.07 Å². The number of hydrogen-bond donors (Lipinski definition) is 1. The van der Waals surface area contributed by atoms with E-state index in [0.29, 0.717) is 23.5 Å². The molecule has 0 radical (unpaired) electrons. The van der Waals surface area contributed by atoms with Crippen LogP contribution in [-0.4, -0.2) is 17.7 Å². The van der Waals surface area contributed by atoms with Crippen molar-refractivity contribution in [3.05, 3.63) is 45.5 Å². The SMILES string of the molecule is Cc1cc(C(=O)N[C@@H](C)CC(=O)c2cccs2)c(C)o1. The second-order valence-electron chi connectivity index (χ2n) is 4.81. The van der Waals surface area contributed by atoms with E-state index in [-0.39, 0.29) is 17.7 Å². The van der Waals surface area contributed by atoms with E-state index in [1.807, 2.05) is 18.4 Å². The average molecular weight is 291 g/mol. The summed E-state index contributed by atoms with van der Waals surface area (Å²) in [6.45, 7) is 5.38. The summed E-state index contributed by atoms with van der Waals surface area (Å²) in [5.74, 6) is 1.14. The van der Waals surface area contributed by atoms with Gasteiger partial charge in [0.2, 0.25) is 0 Å². The largest absolute Gasteiger partial charge is 0.466 e. The summed E-state index contributed by atoms with van der Waals surface area (Å²) in [5, 5.41) is 4.70. The van der Waals surface area contributed by atoms with Crippen LogP contribution in [0, 0.1) is 13.8 Å². The summed E-state index contributed by atoms with van der Waals surface area (Å²) in [4.78, 5) is 24.7. The van der Waals surface area contributed by atoms with Crippen LogP contribution in [0.1, 0.15) is 44.9 Å². The topological polar surface area (TPSA) is 59.3 Å². The maximum Gasteiger partial charge on any atom is 0.255 e. The van der Waals surface area contributed by atoms with E-state index in [2.05, 4.69) is 5.32 Å². The highest BCUT2D eigenvalue weighted by molar-refractivity contribution is 7.12. The first-order valence-electron chi connectivity index (χ1n) is 6.42. The van der Waals surface area contributed by atoms with Crippen LogP contribution in [0.3, 0.4) is 0 Å². The van der Waals surface area contributed by atoms with E-state index in [0.717, 1.165) is 4.88 Å². The number of hydrogen-bond acceptors (Lipinski definition) is 4. The lowest BCUT2D eigenvalue weighted by Crippen LogP contribution is -2.34. The zero-order chi connectivity index (χ0) is 14.7. The highest BCUT2D eigenvalue weighted by Crippen LogP contribution is 2.15. The molecule has 4 nitrogen and oxygen atoms in total. The van der Waals surface area contributed by atoms with Crippen LogP contribution in [0.5, 0.6) is 0 Å². The first-order valence-corrected chi connectivity index (χ1v) is 7.30. The van der Waals surface area contributed by atoms with Crippen LogP contribution in [0.2, 0.25) is 0 Å². The van der Waals surface area contributed by atoms with Crippen molar-refractivity contribution in [1.82, 2.24) is 5.32 Å². The number of carbonyl (C=O) groups is 2. The second-order valence-corrected chi connectivity index (χ2v) is 5.75. The van der Waals surface area contributed by atoms with Crippen molar-refractivity contribution in [2.45, 2.75) is 33.2 Å². The maximum atomic E-state index is 12.1. The molecule has 0 saturated carbocycles. The number of amides is 1. The molecule has 5 heteroatoms. The van der Waals surface area contributed by atoms with E-state index in [9.17, 15) is 9.59 Å². The Kier molecular flexibility index (Phi) is 4.39. The van der Waals surface area contributed by atoms with Gasteiger partial charge in [0.25, 0.3) is 5.91 Å². The van der Waals surface area contributed by atoms with Gasteiger partial charge >= 0.3 is 0 Å². The van der Waals surface area contributed by atoms with Crippen molar-refractivity contribution in [3.8, 4) is 0 Å². The molecule has 106 valence electrons. The van der Waals surface area contributed by atoms with Crippen molar-refractivity contribution < 1.29 is 14.0 Å². The Balaban J connectivity index is 1.94. The van der Waals surface area contributed by atoms with E-state index in [1.54, 1.807) is 26.0 Å². The normalized spacial score (nSPS) is 12.2. The van der Waals surface area contributed by atoms with Crippen LogP contribution >= 0.6 is 11.3 Å². The lowest BCUT2D eigenvalue weighted by Gasteiger charge is -2.12. The first-order chi connectivity index (χ1) is 9.47. The van der Waals surface area contributed by atoms with Crippen LogP contribution < -0.4 is 5.32 Å². The summed E-state index contributed by atoms with van der Waals surface area (Å²) in [6.07, 6.45) is 0.294. The van der Waals surface area contributed by atoms with Gasteiger partial charge in [0.1, 0.15) is 11.5 Å². The number of carbonyl (C=O) groups excluding carboxylic acids is 2. The molecule has 0 fully saturated rings. The Morgan fingerprint density at radius 1 is 1.40 bits per heavy atom. The molecule has 0 aromatic carbocycles. The van der Waals surface area contributed by atoms with Crippen LogP contribution in [0.4, 0.5) is 0 Å². The third-order valence-electron chi connectivity index (χ3n) is 2.95. The van der Waals surface area contributed by atoms with Gasteiger partial charge in [-0.2, -0.15) is 0 Å². The monoisotopic (exact) mass is 291 g/mol. The van der Waals surface area contributed by atoms with E-state index in [1.165, 1.54) is 11.3 Å². The molecule has 0 aliphatic heterocycles. The zero-order valence-corrected chi connectivity index (χ0v) is 12.5. The van der Waals surface area contributed by atoms with E-state index in [4.69, 9.17) is 4.42 Å². The molecule has 2 heterocycles. The molecule has 1 amide bonds. The van der Waals surface area contributed by atoms with Gasteiger partial charge in [-0.25, -0.2) is 0 Å². The van der Waals surface area contributed by atoms with E-state index < -0.39 is 0 Å². The number of thiophene rings is 1. The zero-order valence-electron chi connectivity index (χ0n) is 11.7. The van der Waals surface area contributed by atoms with E-state index >= 15 is 0 Å². The highest BCUT2D eigenvalue weighted by atomic mass is 32.1. The van der Waals surface area contributed by atoms with Crippen molar-refractivity contribution in [1.29, 1.82) is 0 Å². The lowest BCUT2D eigenvalue weighted by molar-refractivity contribution is 0.0918. The predicted molar refractivity (Wildman–Crippen MR) is 78.4 cm³/mol. The molecule has 0 spiro atoms. The highest BCUT2D eigenvalue weighted by Gasteiger charge is 2.18. The molecular weight excluding hydrogens is 274 g/mol. The fraction of sp³-hybridized carbons (Fsp3) is 0.333. The summed E-state index contributed by atoms with van der Waals surface area (Å²) < 4.78 is 5.33. The van der Waals surface area contributed by atoms with Gasteiger partial charge in [-0.15, -0.1) is 11.3 Å². The molecule has 2 aromatic heterocycles. The second kappa shape index (κ2) is 6.05. The van der Waals surface area contributed by atoms with Gasteiger partial charge in [-0.05, 0) is 38.3 Å². The molecule has 0 saturated heterocycles. The van der Waals surface area contributed by atoms with Crippen molar-refractivity contribution in [2.24, 2.45) is 0 Å². The minimum atomic E-state index is -0.216. The molecule has 0 bridgehead atoms. The predicted octanol–water partition coefficient (Wildman–Crippen LogP) is 3.35. The number of aryl methyl sites for hydroxylation is 2. The Morgan fingerprint density at radius 3 is 2.70 bits per heavy atom. The summed E-state index contributed by atoms with van der Waals surface area (Å²) in [7, 11) is 0. The quantitative estimate of drug-likeness (QED) is 0.859. The van der Waals surface area contributed by atoms with Crippen molar-refractivity contribution in [3.63, 3.8) is 0 Å². The summed E-state index contributed by atoms with van der Waals surface area (Å²) in [5.41, 5.74) is 0.526. The van der Waals surface area contributed by atoms with Crippen molar-refractivity contribution in [2.75, 3.05) is 0 Å². The number of Topliss-reactive ketones (excluding diaryl/α,β-unsaturated/α-hetero) is 1. The Bertz CT molecular complexity index is 613. The summed E-state index contributed by atoms with van der Waals surface area (Å²) >= 11 is 1.42. The van der Waals surface area contributed by atoms with Crippen LogP contribution in [0.25, 0.3) is 0 Å². The number of furan rings is 1. The number of nitrogens with one attached hydrogen (secondary N) is 1. The number of rotatable bonds is 5. The Morgan fingerprint density at radius 2 is 2.15 bits per heavy atom. The molecule has 1 N–H and O–H groups in total. The third kappa shape index (κ3) is 3.36. The third-order valence-corrected chi connectivity index (χ3v) is 3.86. The maximum absolute atomic E-state index is 12.1.